The average Bonchev–Trinajstić information content (AvgIpc) is 2.20. The van der Waals surface area contributed by atoms with Crippen molar-refractivity contribution < 1.29 is 9.53 Å². The third kappa shape index (κ3) is 2.58. The minimum absolute atomic E-state index is 0.0143. The van der Waals surface area contributed by atoms with E-state index in [4.69, 9.17) is 16.3 Å². The van der Waals surface area contributed by atoms with Gasteiger partial charge in [-0.25, -0.2) is 0 Å². The van der Waals surface area contributed by atoms with Crippen molar-refractivity contribution in [3.63, 3.8) is 0 Å². The molecule has 0 saturated carbocycles. The molecule has 3 atom stereocenters. The van der Waals surface area contributed by atoms with E-state index >= 15 is 0 Å². The van der Waals surface area contributed by atoms with Crippen LogP contribution in [0.2, 0.25) is 0 Å². The molecule has 0 spiro atoms. The van der Waals surface area contributed by atoms with Crippen LogP contribution in [0.3, 0.4) is 0 Å². The molecule has 3 nitrogen and oxygen atoms in total. The van der Waals surface area contributed by atoms with Crippen LogP contribution in [0, 0.1) is 5.92 Å². The molecule has 1 saturated heterocycles. The fourth-order valence-electron chi connectivity index (χ4n) is 2.10. The van der Waals surface area contributed by atoms with Crippen molar-refractivity contribution >= 4 is 17.5 Å². The molecule has 1 fully saturated rings. The summed E-state index contributed by atoms with van der Waals surface area (Å²) in [6.07, 6.45) is 2.23. The first-order valence-electron chi connectivity index (χ1n) is 5.61. The van der Waals surface area contributed by atoms with Gasteiger partial charge in [-0.2, -0.15) is 0 Å². The summed E-state index contributed by atoms with van der Waals surface area (Å²) in [5, 5.41) is -0.0531. The number of halogens is 1. The number of amides is 1. The van der Waals surface area contributed by atoms with E-state index in [0.717, 1.165) is 6.42 Å². The Bertz CT molecular complexity index is 268. The molecule has 1 aliphatic heterocycles. The minimum Gasteiger partial charge on any atom is -0.369 e. The number of hydrogen-bond acceptors (Lipinski definition) is 2. The van der Waals surface area contributed by atoms with E-state index in [-0.39, 0.29) is 23.4 Å². The monoisotopic (exact) mass is 245 g/mol. The number of carbonyl (C=O) groups excluding carboxylic acids is 1. The minimum atomic E-state index is -0.374. The Hall–Kier alpha value is -0.540. The number of likely N-dealkylation sites (tertiary alicyclic amines) is 1. The van der Waals surface area contributed by atoms with E-state index in [1.807, 2.05) is 0 Å². The normalized spacial score (nSPS) is 26.8. The highest BCUT2D eigenvalue weighted by Crippen LogP contribution is 2.31. The van der Waals surface area contributed by atoms with Gasteiger partial charge in [-0.1, -0.05) is 19.9 Å². The smallest absolute Gasteiger partial charge is 0.254 e. The first kappa shape index (κ1) is 13.5. The van der Waals surface area contributed by atoms with Crippen molar-refractivity contribution in [3.05, 3.63) is 12.7 Å². The highest BCUT2D eigenvalue weighted by atomic mass is 35.5. The van der Waals surface area contributed by atoms with Crippen molar-refractivity contribution in [2.45, 2.75) is 37.8 Å². The number of hydrogen-bond donors (Lipinski definition) is 0. The van der Waals surface area contributed by atoms with E-state index in [2.05, 4.69) is 20.4 Å². The fourth-order valence-corrected chi connectivity index (χ4v) is 2.73. The Morgan fingerprint density at radius 2 is 2.25 bits per heavy atom. The topological polar surface area (TPSA) is 29.5 Å². The van der Waals surface area contributed by atoms with Crippen molar-refractivity contribution in [1.82, 2.24) is 4.90 Å². The zero-order valence-electron chi connectivity index (χ0n) is 10.1. The second-order valence-corrected chi connectivity index (χ2v) is 5.13. The van der Waals surface area contributed by atoms with Gasteiger partial charge >= 0.3 is 0 Å². The standard InChI is InChI=1S/C12H20ClNO2/c1-5-6-14-10(9(13)7-8(2)3)11(16-4)12(14)15/h5,8-11H,1,6-7H2,2-4H3/t9-,10+,11-/m0/s1. The van der Waals surface area contributed by atoms with Crippen LogP contribution >= 0.6 is 11.6 Å². The highest BCUT2D eigenvalue weighted by molar-refractivity contribution is 6.22. The third-order valence-electron chi connectivity index (χ3n) is 2.84. The lowest BCUT2D eigenvalue weighted by Gasteiger charge is -2.48. The van der Waals surface area contributed by atoms with Gasteiger partial charge in [-0.05, 0) is 12.3 Å². The van der Waals surface area contributed by atoms with Crippen LogP contribution < -0.4 is 0 Å². The second kappa shape index (κ2) is 5.69. The van der Waals surface area contributed by atoms with Gasteiger partial charge in [0.1, 0.15) is 0 Å². The van der Waals surface area contributed by atoms with Gasteiger partial charge in [0.25, 0.3) is 5.91 Å². The van der Waals surface area contributed by atoms with Gasteiger partial charge in [-0.3, -0.25) is 4.79 Å². The lowest BCUT2D eigenvalue weighted by Crippen LogP contribution is -2.68. The first-order chi connectivity index (χ1) is 7.52. The Morgan fingerprint density at radius 3 is 2.69 bits per heavy atom. The van der Waals surface area contributed by atoms with Crippen LogP contribution in [0.4, 0.5) is 0 Å². The summed E-state index contributed by atoms with van der Waals surface area (Å²) in [5.41, 5.74) is 0. The third-order valence-corrected chi connectivity index (χ3v) is 3.28. The van der Waals surface area contributed by atoms with E-state index in [1.165, 1.54) is 0 Å². The first-order valence-corrected chi connectivity index (χ1v) is 6.04. The summed E-state index contributed by atoms with van der Waals surface area (Å²) in [7, 11) is 1.56. The van der Waals surface area contributed by atoms with Crippen LogP contribution in [-0.4, -0.2) is 42.0 Å². The predicted octanol–water partition coefficient (Wildman–Crippen LogP) is 2.05. The molecule has 1 heterocycles. The number of alkyl halides is 1. The molecular weight excluding hydrogens is 226 g/mol. The molecule has 1 aliphatic rings. The highest BCUT2D eigenvalue weighted by Gasteiger charge is 2.50. The quantitative estimate of drug-likeness (QED) is 0.407. The zero-order chi connectivity index (χ0) is 12.3. The largest absolute Gasteiger partial charge is 0.369 e. The molecule has 1 rings (SSSR count). The molecule has 0 bridgehead atoms. The molecule has 4 heteroatoms. The average molecular weight is 246 g/mol. The Morgan fingerprint density at radius 1 is 1.62 bits per heavy atom. The van der Waals surface area contributed by atoms with Crippen molar-refractivity contribution in [1.29, 1.82) is 0 Å². The number of β-lactam (4-membered cyclic amide) rings is 1. The van der Waals surface area contributed by atoms with E-state index in [1.54, 1.807) is 18.1 Å². The fraction of sp³-hybridized carbons (Fsp3) is 0.750. The molecule has 92 valence electrons. The lowest BCUT2D eigenvalue weighted by molar-refractivity contribution is -0.169. The molecule has 0 unspecified atom stereocenters. The molecule has 0 radical (unpaired) electrons. The number of rotatable bonds is 6. The van der Waals surface area contributed by atoms with Crippen LogP contribution in [-0.2, 0) is 9.53 Å². The maximum atomic E-state index is 11.7. The number of nitrogens with zero attached hydrogens (tertiary/aromatic N) is 1. The molecule has 0 aromatic carbocycles. The Balaban J connectivity index is 2.66. The van der Waals surface area contributed by atoms with Crippen molar-refractivity contribution in [3.8, 4) is 0 Å². The Labute approximate surface area is 102 Å². The summed E-state index contributed by atoms with van der Waals surface area (Å²) in [6, 6.07) is -0.0143. The van der Waals surface area contributed by atoms with Crippen LogP contribution in [0.5, 0.6) is 0 Å². The van der Waals surface area contributed by atoms with Gasteiger partial charge in [0.05, 0.1) is 11.4 Å². The second-order valence-electron chi connectivity index (χ2n) is 4.57. The van der Waals surface area contributed by atoms with E-state index in [9.17, 15) is 4.79 Å². The summed E-state index contributed by atoms with van der Waals surface area (Å²) in [6.45, 7) is 8.43. The SMILES string of the molecule is C=CCN1C(=O)[C@@H](OC)[C@H]1[C@@H](Cl)CC(C)C. The number of carbonyl (C=O) groups is 1. The van der Waals surface area contributed by atoms with Gasteiger partial charge in [0, 0.05) is 13.7 Å². The summed E-state index contributed by atoms with van der Waals surface area (Å²) in [5.74, 6) is 0.531. The zero-order valence-corrected chi connectivity index (χ0v) is 10.9. The molecule has 0 aliphatic carbocycles. The maximum Gasteiger partial charge on any atom is 0.254 e. The predicted molar refractivity (Wildman–Crippen MR) is 65.6 cm³/mol. The molecule has 16 heavy (non-hydrogen) atoms. The van der Waals surface area contributed by atoms with Gasteiger partial charge in [0.15, 0.2) is 6.10 Å². The summed E-state index contributed by atoms with van der Waals surface area (Å²) >= 11 is 6.34. The van der Waals surface area contributed by atoms with E-state index < -0.39 is 0 Å². The number of ether oxygens (including phenoxy) is 1. The maximum absolute atomic E-state index is 11.7. The molecule has 0 N–H and O–H groups in total. The van der Waals surface area contributed by atoms with Gasteiger partial charge < -0.3 is 9.64 Å². The van der Waals surface area contributed by atoms with Crippen LogP contribution in [0.25, 0.3) is 0 Å². The molecular formula is C12H20ClNO2. The van der Waals surface area contributed by atoms with Crippen molar-refractivity contribution in [2.24, 2.45) is 5.92 Å². The lowest BCUT2D eigenvalue weighted by atomic mass is 9.90. The molecule has 0 aromatic rings. The van der Waals surface area contributed by atoms with Crippen LogP contribution in [0.1, 0.15) is 20.3 Å². The van der Waals surface area contributed by atoms with E-state index in [0.29, 0.717) is 12.5 Å². The van der Waals surface area contributed by atoms with Gasteiger partial charge in [0.2, 0.25) is 0 Å². The molecule has 1 amide bonds. The van der Waals surface area contributed by atoms with Crippen LogP contribution in [0.15, 0.2) is 12.7 Å². The number of methoxy groups -OCH3 is 1. The summed E-state index contributed by atoms with van der Waals surface area (Å²) in [4.78, 5) is 13.4. The van der Waals surface area contributed by atoms with Crippen molar-refractivity contribution in [2.75, 3.05) is 13.7 Å². The Kier molecular flexibility index (Phi) is 4.81. The van der Waals surface area contributed by atoms with Gasteiger partial charge in [-0.15, -0.1) is 18.2 Å². The summed E-state index contributed by atoms with van der Waals surface area (Å²) < 4.78 is 5.18. The molecule has 0 aromatic heterocycles.